The smallest absolute Gasteiger partial charge is 0.296 e. The molecule has 0 aliphatic rings. The number of rotatable bonds is 2. The van der Waals surface area contributed by atoms with Gasteiger partial charge in [-0.3, -0.25) is 14.5 Å². The van der Waals surface area contributed by atoms with Crippen LogP contribution in [0.1, 0.15) is 11.3 Å². The SMILES string of the molecule is Cc1ccc(-n2[nH]cc(-n3cnc(C)c3)c2=O)nc1. The lowest BCUT2D eigenvalue weighted by Crippen LogP contribution is -2.18. The number of hydrogen-bond acceptors (Lipinski definition) is 3. The van der Waals surface area contributed by atoms with Gasteiger partial charge in [0.05, 0.1) is 12.0 Å². The minimum absolute atomic E-state index is 0.159. The van der Waals surface area contributed by atoms with Crippen molar-refractivity contribution in [3.63, 3.8) is 0 Å². The number of H-pyrrole nitrogens is 1. The summed E-state index contributed by atoms with van der Waals surface area (Å²) in [6, 6.07) is 3.72. The van der Waals surface area contributed by atoms with Crippen LogP contribution in [-0.2, 0) is 0 Å². The molecular weight excluding hydrogens is 242 g/mol. The number of hydrogen-bond donors (Lipinski definition) is 1. The van der Waals surface area contributed by atoms with Gasteiger partial charge in [0, 0.05) is 18.6 Å². The summed E-state index contributed by atoms with van der Waals surface area (Å²) in [4.78, 5) is 20.6. The summed E-state index contributed by atoms with van der Waals surface area (Å²) in [5.41, 5.74) is 2.27. The van der Waals surface area contributed by atoms with Gasteiger partial charge in [-0.1, -0.05) is 6.07 Å². The van der Waals surface area contributed by atoms with Crippen LogP contribution in [-0.4, -0.2) is 24.3 Å². The molecule has 0 aliphatic heterocycles. The Kier molecular flexibility index (Phi) is 2.56. The number of nitrogens with one attached hydrogen (secondary N) is 1. The van der Waals surface area contributed by atoms with E-state index in [0.29, 0.717) is 11.5 Å². The molecular formula is C13H13N5O. The molecule has 0 spiro atoms. The average molecular weight is 255 g/mol. The fourth-order valence-electron chi connectivity index (χ4n) is 1.86. The van der Waals surface area contributed by atoms with Crippen LogP contribution < -0.4 is 5.56 Å². The monoisotopic (exact) mass is 255 g/mol. The number of pyridine rings is 1. The molecule has 3 rings (SSSR count). The van der Waals surface area contributed by atoms with Crippen molar-refractivity contribution < 1.29 is 0 Å². The minimum Gasteiger partial charge on any atom is -0.300 e. The quantitative estimate of drug-likeness (QED) is 0.751. The summed E-state index contributed by atoms with van der Waals surface area (Å²) in [6.45, 7) is 3.83. The Morgan fingerprint density at radius 3 is 2.68 bits per heavy atom. The first kappa shape index (κ1) is 11.5. The van der Waals surface area contributed by atoms with Crippen LogP contribution >= 0.6 is 0 Å². The molecule has 96 valence electrons. The molecule has 3 aromatic heterocycles. The van der Waals surface area contributed by atoms with Crippen LogP contribution in [0, 0.1) is 13.8 Å². The molecule has 0 fully saturated rings. The molecule has 0 radical (unpaired) electrons. The van der Waals surface area contributed by atoms with Crippen LogP contribution in [0.3, 0.4) is 0 Å². The second-order valence-corrected chi connectivity index (χ2v) is 4.42. The van der Waals surface area contributed by atoms with Gasteiger partial charge in [0.2, 0.25) is 0 Å². The highest BCUT2D eigenvalue weighted by molar-refractivity contribution is 5.32. The third-order valence-electron chi connectivity index (χ3n) is 2.87. The molecule has 0 unspecified atom stereocenters. The largest absolute Gasteiger partial charge is 0.300 e. The molecule has 0 aliphatic carbocycles. The number of aryl methyl sites for hydroxylation is 2. The number of aromatic nitrogens is 5. The average Bonchev–Trinajstić information content (AvgIpc) is 2.97. The molecule has 0 aromatic carbocycles. The van der Waals surface area contributed by atoms with Gasteiger partial charge in [-0.2, -0.15) is 4.68 Å². The molecule has 0 atom stereocenters. The highest BCUT2D eigenvalue weighted by atomic mass is 16.1. The first-order valence-corrected chi connectivity index (χ1v) is 5.89. The third-order valence-corrected chi connectivity index (χ3v) is 2.87. The maximum absolute atomic E-state index is 12.3. The topological polar surface area (TPSA) is 68.5 Å². The van der Waals surface area contributed by atoms with Crippen molar-refractivity contribution >= 4 is 0 Å². The van der Waals surface area contributed by atoms with Gasteiger partial charge in [0.1, 0.15) is 5.69 Å². The van der Waals surface area contributed by atoms with Crippen molar-refractivity contribution in [2.24, 2.45) is 0 Å². The zero-order valence-electron chi connectivity index (χ0n) is 10.7. The lowest BCUT2D eigenvalue weighted by molar-refractivity contribution is 0.815. The number of aromatic amines is 1. The Labute approximate surface area is 109 Å². The summed E-state index contributed by atoms with van der Waals surface area (Å²) < 4.78 is 3.10. The minimum atomic E-state index is -0.159. The fraction of sp³-hybridized carbons (Fsp3) is 0.154. The van der Waals surface area contributed by atoms with Crippen LogP contribution in [0.25, 0.3) is 11.5 Å². The van der Waals surface area contributed by atoms with Crippen molar-refractivity contribution in [1.82, 2.24) is 24.3 Å². The van der Waals surface area contributed by atoms with Crippen molar-refractivity contribution in [2.45, 2.75) is 13.8 Å². The standard InChI is InChI=1S/C13H13N5O/c1-9-3-4-12(14-5-9)18-13(19)11(6-16-18)17-7-10(2)15-8-17/h3-8,16H,1-2H3. The lowest BCUT2D eigenvalue weighted by Gasteiger charge is -2.00. The van der Waals surface area contributed by atoms with E-state index in [0.717, 1.165) is 11.3 Å². The first-order valence-electron chi connectivity index (χ1n) is 5.89. The highest BCUT2D eigenvalue weighted by Gasteiger charge is 2.10. The Morgan fingerprint density at radius 1 is 1.21 bits per heavy atom. The molecule has 6 nitrogen and oxygen atoms in total. The molecule has 0 saturated carbocycles. The molecule has 19 heavy (non-hydrogen) atoms. The van der Waals surface area contributed by atoms with Gasteiger partial charge in [0.25, 0.3) is 5.56 Å². The fourth-order valence-corrected chi connectivity index (χ4v) is 1.86. The van der Waals surface area contributed by atoms with Crippen LogP contribution in [0.15, 0.2) is 41.8 Å². The molecule has 1 N–H and O–H groups in total. The second kappa shape index (κ2) is 4.24. The van der Waals surface area contributed by atoms with Gasteiger partial charge in [-0.25, -0.2) is 9.97 Å². The van der Waals surface area contributed by atoms with Gasteiger partial charge in [-0.15, -0.1) is 0 Å². The summed E-state index contributed by atoms with van der Waals surface area (Å²) in [5, 5.41) is 2.91. The summed E-state index contributed by atoms with van der Waals surface area (Å²) in [6.07, 6.45) is 6.79. The van der Waals surface area contributed by atoms with Crippen LogP contribution in [0.4, 0.5) is 0 Å². The third kappa shape index (κ3) is 1.97. The van der Waals surface area contributed by atoms with Crippen molar-refractivity contribution in [3.8, 4) is 11.5 Å². The molecule has 3 aromatic rings. The number of imidazole rings is 1. The van der Waals surface area contributed by atoms with E-state index in [1.54, 1.807) is 35.6 Å². The normalized spacial score (nSPS) is 10.8. The van der Waals surface area contributed by atoms with Gasteiger partial charge >= 0.3 is 0 Å². The summed E-state index contributed by atoms with van der Waals surface area (Å²) in [7, 11) is 0. The maximum Gasteiger partial charge on any atom is 0.296 e. The second-order valence-electron chi connectivity index (χ2n) is 4.42. The van der Waals surface area contributed by atoms with Crippen molar-refractivity contribution in [1.29, 1.82) is 0 Å². The van der Waals surface area contributed by atoms with E-state index in [9.17, 15) is 4.79 Å². The van der Waals surface area contributed by atoms with Gasteiger partial charge < -0.3 is 0 Å². The molecule has 0 amide bonds. The van der Waals surface area contributed by atoms with Crippen molar-refractivity contribution in [2.75, 3.05) is 0 Å². The highest BCUT2D eigenvalue weighted by Crippen LogP contribution is 2.06. The summed E-state index contributed by atoms with van der Waals surface area (Å²) in [5.74, 6) is 0.568. The Hall–Kier alpha value is -2.63. The van der Waals surface area contributed by atoms with E-state index in [1.165, 1.54) is 4.68 Å². The maximum atomic E-state index is 12.3. The summed E-state index contributed by atoms with van der Waals surface area (Å²) >= 11 is 0. The predicted octanol–water partition coefficient (Wildman–Crippen LogP) is 1.36. The van der Waals surface area contributed by atoms with Crippen LogP contribution in [0.2, 0.25) is 0 Å². The van der Waals surface area contributed by atoms with E-state index < -0.39 is 0 Å². The molecule has 0 bridgehead atoms. The van der Waals surface area contributed by atoms with Gasteiger partial charge in [-0.05, 0) is 25.5 Å². The van der Waals surface area contributed by atoms with E-state index >= 15 is 0 Å². The first-order chi connectivity index (χ1) is 9.15. The molecule has 6 heteroatoms. The number of nitrogens with zero attached hydrogens (tertiary/aromatic N) is 4. The van der Waals surface area contributed by atoms with Crippen LogP contribution in [0.5, 0.6) is 0 Å². The Balaban J connectivity index is 2.08. The zero-order valence-corrected chi connectivity index (χ0v) is 10.7. The zero-order chi connectivity index (χ0) is 13.4. The van der Waals surface area contributed by atoms with Gasteiger partial charge in [0.15, 0.2) is 5.82 Å². The van der Waals surface area contributed by atoms with E-state index in [1.807, 2.05) is 19.9 Å². The predicted molar refractivity (Wildman–Crippen MR) is 70.8 cm³/mol. The molecule has 0 saturated heterocycles. The van der Waals surface area contributed by atoms with E-state index in [4.69, 9.17) is 0 Å². The van der Waals surface area contributed by atoms with Crippen molar-refractivity contribution in [3.05, 3.63) is 58.7 Å². The Morgan fingerprint density at radius 2 is 2.05 bits per heavy atom. The Bertz CT molecular complexity index is 763. The molecule has 3 heterocycles. The van der Waals surface area contributed by atoms with E-state index in [-0.39, 0.29) is 5.56 Å². The lowest BCUT2D eigenvalue weighted by atomic mass is 10.3. The van der Waals surface area contributed by atoms with E-state index in [2.05, 4.69) is 15.1 Å².